The molecule has 92 valence electrons. The Kier molecular flexibility index (Phi) is 3.64. The van der Waals surface area contributed by atoms with Crippen LogP contribution in [-0.2, 0) is 0 Å². The van der Waals surface area contributed by atoms with Gasteiger partial charge in [0.25, 0.3) is 0 Å². The monoisotopic (exact) mass is 284 g/mol. The van der Waals surface area contributed by atoms with Crippen molar-refractivity contribution in [1.82, 2.24) is 4.98 Å². The number of nitrogens with zero attached hydrogens (tertiary/aromatic N) is 2. The second-order valence-corrected chi connectivity index (χ2v) is 4.09. The maximum atomic E-state index is 10.9. The van der Waals surface area contributed by atoms with Gasteiger partial charge in [-0.3, -0.25) is 10.1 Å². The summed E-state index contributed by atoms with van der Waals surface area (Å²) in [5, 5.41) is 11.3. The van der Waals surface area contributed by atoms with Gasteiger partial charge in [-0.25, -0.2) is 4.98 Å². The molecular formula is C11H6Cl2N2O3. The first kappa shape index (κ1) is 12.6. The molecule has 0 spiro atoms. The van der Waals surface area contributed by atoms with Crippen LogP contribution in [-0.4, -0.2) is 9.91 Å². The summed E-state index contributed by atoms with van der Waals surface area (Å²) in [6, 6.07) is 8.86. The van der Waals surface area contributed by atoms with Crippen LogP contribution in [0.5, 0.6) is 11.6 Å². The van der Waals surface area contributed by atoms with Crippen LogP contribution in [0.4, 0.5) is 5.69 Å². The molecule has 0 aliphatic rings. The van der Waals surface area contributed by atoms with E-state index in [1.54, 1.807) is 18.2 Å². The van der Waals surface area contributed by atoms with Gasteiger partial charge in [-0.15, -0.1) is 0 Å². The quantitative estimate of drug-likeness (QED) is 0.484. The fourth-order valence-corrected chi connectivity index (χ4v) is 1.60. The highest BCUT2D eigenvalue weighted by Crippen LogP contribution is 2.33. The number of hydrogen-bond donors (Lipinski definition) is 0. The van der Waals surface area contributed by atoms with Crippen LogP contribution in [0.15, 0.2) is 36.4 Å². The minimum absolute atomic E-state index is 0.0548. The molecule has 0 bridgehead atoms. The van der Waals surface area contributed by atoms with Gasteiger partial charge in [-0.05, 0) is 18.2 Å². The minimum atomic E-state index is -0.578. The van der Waals surface area contributed by atoms with Crippen LogP contribution < -0.4 is 4.74 Å². The predicted molar refractivity (Wildman–Crippen MR) is 67.4 cm³/mol. The number of pyridine rings is 1. The second-order valence-electron chi connectivity index (χ2n) is 3.27. The highest BCUT2D eigenvalue weighted by atomic mass is 35.5. The lowest BCUT2D eigenvalue weighted by Gasteiger charge is -2.05. The van der Waals surface area contributed by atoms with Crippen molar-refractivity contribution >= 4 is 28.9 Å². The van der Waals surface area contributed by atoms with Crippen molar-refractivity contribution < 1.29 is 9.66 Å². The number of hydrogen-bond acceptors (Lipinski definition) is 4. The van der Waals surface area contributed by atoms with Crippen molar-refractivity contribution in [1.29, 1.82) is 0 Å². The second kappa shape index (κ2) is 5.20. The summed E-state index contributed by atoms with van der Waals surface area (Å²) in [5.41, 5.74) is -0.232. The number of nitro groups is 1. The maximum Gasteiger partial charge on any atom is 0.313 e. The molecule has 0 amide bonds. The molecule has 18 heavy (non-hydrogen) atoms. The topological polar surface area (TPSA) is 65.3 Å². The van der Waals surface area contributed by atoms with E-state index in [0.717, 1.165) is 0 Å². The van der Waals surface area contributed by atoms with E-state index >= 15 is 0 Å². The van der Waals surface area contributed by atoms with E-state index in [0.29, 0.717) is 0 Å². The fraction of sp³-hybridized carbons (Fsp3) is 0. The normalized spacial score (nSPS) is 10.1. The van der Waals surface area contributed by atoms with E-state index < -0.39 is 4.92 Å². The summed E-state index contributed by atoms with van der Waals surface area (Å²) in [4.78, 5) is 14.2. The van der Waals surface area contributed by atoms with E-state index in [1.807, 2.05) is 0 Å². The van der Waals surface area contributed by atoms with Crippen LogP contribution in [0, 0.1) is 10.1 Å². The van der Waals surface area contributed by atoms with Gasteiger partial charge >= 0.3 is 5.69 Å². The van der Waals surface area contributed by atoms with E-state index in [4.69, 9.17) is 27.9 Å². The van der Waals surface area contributed by atoms with E-state index in [-0.39, 0.29) is 27.5 Å². The highest BCUT2D eigenvalue weighted by Gasteiger charge is 2.16. The van der Waals surface area contributed by atoms with E-state index in [2.05, 4.69) is 4.98 Å². The summed E-state index contributed by atoms with van der Waals surface area (Å²) < 4.78 is 5.31. The van der Waals surface area contributed by atoms with Crippen LogP contribution >= 0.6 is 23.2 Å². The van der Waals surface area contributed by atoms with Crippen LogP contribution in [0.3, 0.4) is 0 Å². The molecule has 0 fully saturated rings. The number of halogens is 2. The lowest BCUT2D eigenvalue weighted by atomic mass is 10.3. The third-order valence-electron chi connectivity index (χ3n) is 2.02. The third kappa shape index (κ3) is 2.88. The van der Waals surface area contributed by atoms with Crippen LogP contribution in [0.2, 0.25) is 10.2 Å². The molecule has 0 atom stereocenters. The molecule has 2 aromatic rings. The van der Waals surface area contributed by atoms with Gasteiger partial charge in [-0.2, -0.15) is 0 Å². The molecule has 7 heteroatoms. The van der Waals surface area contributed by atoms with Crippen molar-refractivity contribution in [3.8, 4) is 11.6 Å². The Balaban J connectivity index is 2.37. The summed E-state index contributed by atoms with van der Waals surface area (Å²) in [7, 11) is 0. The molecule has 0 N–H and O–H groups in total. The molecule has 1 aromatic carbocycles. The van der Waals surface area contributed by atoms with Gasteiger partial charge in [0, 0.05) is 17.2 Å². The lowest BCUT2D eigenvalue weighted by Crippen LogP contribution is -1.94. The van der Waals surface area contributed by atoms with Crippen molar-refractivity contribution in [3.05, 3.63) is 56.7 Å². The Labute approximate surface area is 112 Å². The van der Waals surface area contributed by atoms with Gasteiger partial charge in [-0.1, -0.05) is 29.3 Å². The summed E-state index contributed by atoms with van der Waals surface area (Å²) in [5.74, 6) is 0.229. The molecule has 0 unspecified atom stereocenters. The molecule has 1 aromatic heterocycles. The Morgan fingerprint density at radius 2 is 2.00 bits per heavy atom. The van der Waals surface area contributed by atoms with E-state index in [9.17, 15) is 10.1 Å². The van der Waals surface area contributed by atoms with Crippen molar-refractivity contribution in [2.75, 3.05) is 0 Å². The summed E-state index contributed by atoms with van der Waals surface area (Å²) in [6.07, 6.45) is 0. The Morgan fingerprint density at radius 3 is 2.67 bits per heavy atom. The Morgan fingerprint density at radius 1 is 1.22 bits per heavy atom. The average molecular weight is 285 g/mol. The molecule has 5 nitrogen and oxygen atoms in total. The van der Waals surface area contributed by atoms with Crippen molar-refractivity contribution in [3.63, 3.8) is 0 Å². The van der Waals surface area contributed by atoms with Crippen LogP contribution in [0.1, 0.15) is 0 Å². The van der Waals surface area contributed by atoms with Crippen molar-refractivity contribution in [2.45, 2.75) is 0 Å². The number of benzene rings is 1. The van der Waals surface area contributed by atoms with Gasteiger partial charge in [0.15, 0.2) is 0 Å². The van der Waals surface area contributed by atoms with Gasteiger partial charge in [0.2, 0.25) is 11.6 Å². The first-order chi connectivity index (χ1) is 8.56. The van der Waals surface area contributed by atoms with Crippen LogP contribution in [0.25, 0.3) is 0 Å². The molecular weight excluding hydrogens is 279 g/mol. The minimum Gasteiger partial charge on any atom is -0.432 e. The fourth-order valence-electron chi connectivity index (χ4n) is 1.28. The average Bonchev–Trinajstić information content (AvgIpc) is 2.31. The molecule has 0 aliphatic heterocycles. The molecule has 1 heterocycles. The summed E-state index contributed by atoms with van der Waals surface area (Å²) in [6.45, 7) is 0. The smallest absolute Gasteiger partial charge is 0.313 e. The molecule has 0 saturated carbocycles. The summed E-state index contributed by atoms with van der Waals surface area (Å²) >= 11 is 11.4. The Hall–Kier alpha value is -1.85. The zero-order chi connectivity index (χ0) is 13.1. The first-order valence-corrected chi connectivity index (χ1v) is 5.56. The predicted octanol–water partition coefficient (Wildman–Crippen LogP) is 4.09. The maximum absolute atomic E-state index is 10.9. The first-order valence-electron chi connectivity index (χ1n) is 4.80. The van der Waals surface area contributed by atoms with Gasteiger partial charge in [0.05, 0.1) is 4.92 Å². The van der Waals surface area contributed by atoms with E-state index in [1.165, 1.54) is 18.2 Å². The Bertz CT molecular complexity index is 605. The molecule has 0 aliphatic carbocycles. The lowest BCUT2D eigenvalue weighted by molar-refractivity contribution is -0.385. The van der Waals surface area contributed by atoms with Gasteiger partial charge in [0.1, 0.15) is 5.15 Å². The van der Waals surface area contributed by atoms with Crippen molar-refractivity contribution in [2.24, 2.45) is 0 Å². The zero-order valence-electron chi connectivity index (χ0n) is 8.84. The number of nitro benzene ring substituents is 1. The third-order valence-corrected chi connectivity index (χ3v) is 2.47. The SMILES string of the molecule is O=[N+]([O-])c1cc(Cl)ccc1Oc1cccc(Cl)n1. The number of aromatic nitrogens is 1. The largest absolute Gasteiger partial charge is 0.432 e. The molecule has 2 rings (SSSR count). The number of ether oxygens (including phenoxy) is 1. The molecule has 0 radical (unpaired) electrons. The molecule has 0 saturated heterocycles. The standard InChI is InChI=1S/C11H6Cl2N2O3/c12-7-4-5-9(8(6-7)15(16)17)18-11-3-1-2-10(13)14-11/h1-6H. The highest BCUT2D eigenvalue weighted by molar-refractivity contribution is 6.30. The number of rotatable bonds is 3. The van der Waals surface area contributed by atoms with Gasteiger partial charge < -0.3 is 4.74 Å². The zero-order valence-corrected chi connectivity index (χ0v) is 10.4.